The molecule has 0 saturated carbocycles. The van der Waals surface area contributed by atoms with Crippen LogP contribution in [0.25, 0.3) is 0 Å². The predicted molar refractivity (Wildman–Crippen MR) is 94.4 cm³/mol. The number of amides is 1. The average Bonchev–Trinajstić information content (AvgIpc) is 3.05. The molecular weight excluding hydrogens is 302 g/mol. The molecule has 1 aromatic carbocycles. The maximum atomic E-state index is 12.9. The summed E-state index contributed by atoms with van der Waals surface area (Å²) in [6.07, 6.45) is 3.83. The van der Waals surface area contributed by atoms with Crippen molar-refractivity contribution < 1.29 is 4.79 Å². The van der Waals surface area contributed by atoms with Gasteiger partial charge in [-0.2, -0.15) is 0 Å². The van der Waals surface area contributed by atoms with Gasteiger partial charge in [0.05, 0.1) is 12.2 Å². The van der Waals surface area contributed by atoms with E-state index in [0.717, 1.165) is 42.7 Å². The Bertz CT molecular complexity index is 698. The van der Waals surface area contributed by atoms with Gasteiger partial charge < -0.3 is 10.2 Å². The smallest absolute Gasteiger partial charge is 0.280 e. The fraction of sp³-hybridized carbons (Fsp3) is 0.500. The van der Waals surface area contributed by atoms with Gasteiger partial charge in [0.2, 0.25) is 0 Å². The fourth-order valence-corrected chi connectivity index (χ4v) is 3.31. The van der Waals surface area contributed by atoms with Crippen LogP contribution >= 0.6 is 0 Å². The summed E-state index contributed by atoms with van der Waals surface area (Å²) in [5, 5.41) is 11.7. The maximum absolute atomic E-state index is 12.9. The highest BCUT2D eigenvalue weighted by molar-refractivity contribution is 6.04. The first kappa shape index (κ1) is 16.6. The number of nitrogens with zero attached hydrogens (tertiary/aromatic N) is 4. The van der Waals surface area contributed by atoms with Crippen LogP contribution in [0.1, 0.15) is 47.4 Å². The zero-order valence-electron chi connectivity index (χ0n) is 14.6. The molecule has 2 aromatic rings. The first-order valence-electron chi connectivity index (χ1n) is 8.61. The van der Waals surface area contributed by atoms with Crippen LogP contribution in [0.4, 0.5) is 5.69 Å². The largest absolute Gasteiger partial charge is 0.317 e. The van der Waals surface area contributed by atoms with E-state index in [2.05, 4.69) is 21.7 Å². The molecule has 24 heavy (non-hydrogen) atoms. The molecule has 0 radical (unpaired) electrons. The van der Waals surface area contributed by atoms with E-state index in [0.29, 0.717) is 18.3 Å². The summed E-state index contributed by atoms with van der Waals surface area (Å²) in [7, 11) is 0. The van der Waals surface area contributed by atoms with Crippen molar-refractivity contribution in [1.82, 2.24) is 20.3 Å². The van der Waals surface area contributed by atoms with Gasteiger partial charge in [0, 0.05) is 12.2 Å². The van der Waals surface area contributed by atoms with Gasteiger partial charge in [0.15, 0.2) is 5.69 Å². The zero-order valence-corrected chi connectivity index (χ0v) is 14.6. The van der Waals surface area contributed by atoms with Crippen molar-refractivity contribution in [2.24, 2.45) is 0 Å². The lowest BCUT2D eigenvalue weighted by Gasteiger charge is -2.22. The number of aromatic nitrogens is 3. The number of aryl methyl sites for hydroxylation is 2. The molecular formula is C18H25N5O. The molecule has 3 rings (SSSR count). The summed E-state index contributed by atoms with van der Waals surface area (Å²) >= 11 is 0. The number of rotatable bonds is 4. The molecule has 0 aliphatic carbocycles. The lowest BCUT2D eigenvalue weighted by atomic mass is 10.1. The van der Waals surface area contributed by atoms with E-state index in [1.54, 1.807) is 11.1 Å². The monoisotopic (exact) mass is 327 g/mol. The summed E-state index contributed by atoms with van der Waals surface area (Å²) in [5.41, 5.74) is 3.62. The van der Waals surface area contributed by atoms with E-state index in [9.17, 15) is 4.79 Å². The van der Waals surface area contributed by atoms with Gasteiger partial charge in [-0.25, -0.2) is 4.68 Å². The molecule has 1 N–H and O–H groups in total. The maximum Gasteiger partial charge on any atom is 0.280 e. The van der Waals surface area contributed by atoms with Crippen LogP contribution in [0.3, 0.4) is 0 Å². The molecule has 2 heterocycles. The molecule has 0 spiro atoms. The Morgan fingerprint density at radius 1 is 1.25 bits per heavy atom. The highest BCUT2D eigenvalue weighted by Gasteiger charge is 2.22. The first-order valence-corrected chi connectivity index (χ1v) is 8.61. The molecule has 0 atom stereocenters. The number of nitrogens with one attached hydrogen (secondary N) is 1. The molecule has 128 valence electrons. The lowest BCUT2D eigenvalue weighted by molar-refractivity contribution is 0.0983. The van der Waals surface area contributed by atoms with Crippen LogP contribution in [-0.4, -0.2) is 40.5 Å². The number of carbonyl (C=O) groups is 1. The quantitative estimate of drug-likeness (QED) is 0.937. The van der Waals surface area contributed by atoms with Gasteiger partial charge in [-0.05, 0) is 70.0 Å². The number of carbonyl (C=O) groups excluding carboxylic acids is 1. The topological polar surface area (TPSA) is 63.1 Å². The van der Waals surface area contributed by atoms with Crippen LogP contribution in [0.5, 0.6) is 0 Å². The molecule has 1 aromatic heterocycles. The van der Waals surface area contributed by atoms with Crippen LogP contribution in [-0.2, 0) is 0 Å². The van der Waals surface area contributed by atoms with Crippen molar-refractivity contribution in [1.29, 1.82) is 0 Å². The van der Waals surface area contributed by atoms with Crippen LogP contribution in [0.2, 0.25) is 0 Å². The van der Waals surface area contributed by atoms with Gasteiger partial charge in [-0.1, -0.05) is 11.3 Å². The number of piperidine rings is 1. The summed E-state index contributed by atoms with van der Waals surface area (Å²) < 4.78 is 1.85. The van der Waals surface area contributed by atoms with Gasteiger partial charge in [-0.15, -0.1) is 5.10 Å². The third-order valence-electron chi connectivity index (χ3n) is 4.49. The highest BCUT2D eigenvalue weighted by Crippen LogP contribution is 2.21. The molecule has 1 aliphatic heterocycles. The standard InChI is InChI=1S/C18H25N5O/c1-4-22(16-10-13(2)9-14(3)11-16)18(24)17-12-23(21-20-17)15-5-7-19-8-6-15/h9-12,15,19H,4-8H2,1-3H3. The Labute approximate surface area is 142 Å². The van der Waals surface area contributed by atoms with Crippen molar-refractivity contribution in [3.8, 4) is 0 Å². The molecule has 6 nitrogen and oxygen atoms in total. The molecule has 0 bridgehead atoms. The molecule has 0 unspecified atom stereocenters. The minimum Gasteiger partial charge on any atom is -0.317 e. The molecule has 6 heteroatoms. The summed E-state index contributed by atoms with van der Waals surface area (Å²) in [5.74, 6) is -0.0947. The van der Waals surface area contributed by atoms with E-state index in [4.69, 9.17) is 0 Å². The van der Waals surface area contributed by atoms with Crippen molar-refractivity contribution >= 4 is 11.6 Å². The fourth-order valence-electron chi connectivity index (χ4n) is 3.31. The normalized spacial score (nSPS) is 15.5. The van der Waals surface area contributed by atoms with Crippen LogP contribution in [0.15, 0.2) is 24.4 Å². The van der Waals surface area contributed by atoms with Crippen molar-refractivity contribution in [3.63, 3.8) is 0 Å². The second-order valence-electron chi connectivity index (χ2n) is 6.46. The molecule has 1 fully saturated rings. The van der Waals surface area contributed by atoms with Crippen LogP contribution in [0, 0.1) is 13.8 Å². The van der Waals surface area contributed by atoms with Gasteiger partial charge >= 0.3 is 0 Å². The minimum absolute atomic E-state index is 0.0947. The Hall–Kier alpha value is -2.21. The Morgan fingerprint density at radius 3 is 2.54 bits per heavy atom. The molecule has 1 saturated heterocycles. The SMILES string of the molecule is CCN(C(=O)c1cn(C2CCNCC2)nn1)c1cc(C)cc(C)c1. The third-order valence-corrected chi connectivity index (χ3v) is 4.49. The molecule has 1 amide bonds. The van der Waals surface area contributed by atoms with E-state index < -0.39 is 0 Å². The van der Waals surface area contributed by atoms with Gasteiger partial charge in [0.25, 0.3) is 5.91 Å². The summed E-state index contributed by atoms with van der Waals surface area (Å²) in [6.45, 7) is 8.63. The number of hydrogen-bond acceptors (Lipinski definition) is 4. The first-order chi connectivity index (χ1) is 11.6. The van der Waals surface area contributed by atoms with E-state index in [1.807, 2.05) is 37.6 Å². The van der Waals surface area contributed by atoms with Crippen LogP contribution < -0.4 is 10.2 Å². The Kier molecular flexibility index (Phi) is 4.94. The Balaban J connectivity index is 1.82. The van der Waals surface area contributed by atoms with Crippen molar-refractivity contribution in [2.75, 3.05) is 24.5 Å². The number of hydrogen-bond donors (Lipinski definition) is 1. The highest BCUT2D eigenvalue weighted by atomic mass is 16.2. The van der Waals surface area contributed by atoms with Crippen molar-refractivity contribution in [2.45, 2.75) is 39.7 Å². The van der Waals surface area contributed by atoms with Gasteiger partial charge in [0.1, 0.15) is 0 Å². The van der Waals surface area contributed by atoms with Crippen molar-refractivity contribution in [3.05, 3.63) is 41.2 Å². The Morgan fingerprint density at radius 2 is 1.92 bits per heavy atom. The van der Waals surface area contributed by atoms with E-state index in [-0.39, 0.29) is 5.91 Å². The minimum atomic E-state index is -0.0947. The summed E-state index contributed by atoms with van der Waals surface area (Å²) in [6, 6.07) is 6.50. The van der Waals surface area contributed by atoms with Gasteiger partial charge in [-0.3, -0.25) is 4.79 Å². The summed E-state index contributed by atoms with van der Waals surface area (Å²) in [4.78, 5) is 14.7. The predicted octanol–water partition coefficient (Wildman–Crippen LogP) is 2.49. The number of anilines is 1. The number of benzene rings is 1. The third kappa shape index (κ3) is 3.48. The zero-order chi connectivity index (χ0) is 17.1. The second kappa shape index (κ2) is 7.13. The lowest BCUT2D eigenvalue weighted by Crippen LogP contribution is -2.31. The van der Waals surface area contributed by atoms with E-state index in [1.165, 1.54) is 0 Å². The van der Waals surface area contributed by atoms with E-state index >= 15 is 0 Å². The molecule has 1 aliphatic rings. The average molecular weight is 327 g/mol. The second-order valence-corrected chi connectivity index (χ2v) is 6.46.